The van der Waals surface area contributed by atoms with Crippen LogP contribution in [-0.2, 0) is 4.79 Å². The van der Waals surface area contributed by atoms with Crippen LogP contribution in [0.1, 0.15) is 19.3 Å². The van der Waals surface area contributed by atoms with Gasteiger partial charge in [0.05, 0.1) is 6.07 Å². The fourth-order valence-corrected chi connectivity index (χ4v) is 0.851. The SMILES string of the molecule is N#CC(C=O)CC1CC1. The highest BCUT2D eigenvalue weighted by atomic mass is 16.1. The highest BCUT2D eigenvalue weighted by Gasteiger charge is 2.24. The zero-order valence-electron chi connectivity index (χ0n) is 5.21. The molecule has 1 unspecified atom stereocenters. The molecule has 0 radical (unpaired) electrons. The van der Waals surface area contributed by atoms with Gasteiger partial charge in [-0.2, -0.15) is 5.26 Å². The summed E-state index contributed by atoms with van der Waals surface area (Å²) in [5.41, 5.74) is 0. The first-order valence-electron chi connectivity index (χ1n) is 3.21. The minimum Gasteiger partial charge on any atom is -0.302 e. The first kappa shape index (κ1) is 6.28. The zero-order chi connectivity index (χ0) is 6.69. The molecule has 0 N–H and O–H groups in total. The van der Waals surface area contributed by atoms with Crippen molar-refractivity contribution in [3.05, 3.63) is 0 Å². The quantitative estimate of drug-likeness (QED) is 0.528. The second-order valence-electron chi connectivity index (χ2n) is 2.55. The predicted molar refractivity (Wildman–Crippen MR) is 32.5 cm³/mol. The van der Waals surface area contributed by atoms with E-state index < -0.39 is 0 Å². The fraction of sp³-hybridized carbons (Fsp3) is 0.714. The maximum absolute atomic E-state index is 10.1. The van der Waals surface area contributed by atoms with Gasteiger partial charge in [-0.05, 0) is 12.3 Å². The number of nitrogens with zero attached hydrogens (tertiary/aromatic N) is 1. The summed E-state index contributed by atoms with van der Waals surface area (Å²) in [6, 6.07) is 1.96. The highest BCUT2D eigenvalue weighted by Crippen LogP contribution is 2.34. The molecule has 9 heavy (non-hydrogen) atoms. The predicted octanol–water partition coefficient (Wildman–Crippen LogP) is 1.13. The van der Waals surface area contributed by atoms with Gasteiger partial charge in [-0.3, -0.25) is 0 Å². The number of rotatable bonds is 3. The molecular weight excluding hydrogens is 114 g/mol. The third-order valence-corrected chi connectivity index (χ3v) is 1.61. The molecule has 0 heterocycles. The van der Waals surface area contributed by atoms with Crippen molar-refractivity contribution in [3.8, 4) is 6.07 Å². The second kappa shape index (κ2) is 2.63. The van der Waals surface area contributed by atoms with Crippen molar-refractivity contribution in [2.45, 2.75) is 19.3 Å². The average molecular weight is 123 g/mol. The van der Waals surface area contributed by atoms with Crippen LogP contribution in [0.15, 0.2) is 0 Å². The molecule has 0 aromatic carbocycles. The van der Waals surface area contributed by atoms with E-state index in [2.05, 4.69) is 0 Å². The summed E-state index contributed by atoms with van der Waals surface area (Å²) in [5, 5.41) is 8.32. The van der Waals surface area contributed by atoms with E-state index in [4.69, 9.17) is 5.26 Å². The molecule has 1 aliphatic rings. The third-order valence-electron chi connectivity index (χ3n) is 1.61. The normalized spacial score (nSPS) is 20.3. The average Bonchev–Trinajstić information content (AvgIpc) is 2.66. The van der Waals surface area contributed by atoms with Gasteiger partial charge in [-0.25, -0.2) is 0 Å². The molecule has 48 valence electrons. The first-order chi connectivity index (χ1) is 4.36. The summed E-state index contributed by atoms with van der Waals surface area (Å²) >= 11 is 0. The van der Waals surface area contributed by atoms with Gasteiger partial charge in [0, 0.05) is 0 Å². The van der Waals surface area contributed by atoms with E-state index in [-0.39, 0.29) is 5.92 Å². The maximum Gasteiger partial charge on any atom is 0.137 e. The molecule has 1 fully saturated rings. The maximum atomic E-state index is 10.1. The molecule has 1 rings (SSSR count). The Hall–Kier alpha value is -0.840. The van der Waals surface area contributed by atoms with Gasteiger partial charge in [0.25, 0.3) is 0 Å². The molecule has 0 spiro atoms. The molecule has 0 amide bonds. The van der Waals surface area contributed by atoms with Crippen LogP contribution in [0.2, 0.25) is 0 Å². The monoisotopic (exact) mass is 123 g/mol. The molecule has 0 saturated heterocycles. The number of aldehydes is 1. The Kier molecular flexibility index (Phi) is 1.84. The van der Waals surface area contributed by atoms with Gasteiger partial charge in [-0.1, -0.05) is 12.8 Å². The van der Waals surface area contributed by atoms with Crippen LogP contribution in [0.5, 0.6) is 0 Å². The third kappa shape index (κ3) is 1.85. The van der Waals surface area contributed by atoms with Crippen molar-refractivity contribution < 1.29 is 4.79 Å². The lowest BCUT2D eigenvalue weighted by Crippen LogP contribution is -1.98. The summed E-state index contributed by atoms with van der Waals surface area (Å²) in [6.07, 6.45) is 3.97. The van der Waals surface area contributed by atoms with Crippen molar-refractivity contribution in [3.63, 3.8) is 0 Å². The van der Waals surface area contributed by atoms with E-state index in [1.54, 1.807) is 0 Å². The largest absolute Gasteiger partial charge is 0.302 e. The highest BCUT2D eigenvalue weighted by molar-refractivity contribution is 5.57. The van der Waals surface area contributed by atoms with Gasteiger partial charge in [0.15, 0.2) is 0 Å². The van der Waals surface area contributed by atoms with E-state index in [9.17, 15) is 4.79 Å². The van der Waals surface area contributed by atoms with E-state index in [1.807, 2.05) is 6.07 Å². The number of carbonyl (C=O) groups excluding carboxylic acids is 1. The van der Waals surface area contributed by atoms with Gasteiger partial charge >= 0.3 is 0 Å². The second-order valence-corrected chi connectivity index (χ2v) is 2.55. The van der Waals surface area contributed by atoms with E-state index >= 15 is 0 Å². The first-order valence-corrected chi connectivity index (χ1v) is 3.21. The Morgan fingerprint density at radius 1 is 1.78 bits per heavy atom. The summed E-state index contributed by atoms with van der Waals surface area (Å²) in [7, 11) is 0. The summed E-state index contributed by atoms with van der Waals surface area (Å²) in [6.45, 7) is 0. The fourth-order valence-electron chi connectivity index (χ4n) is 0.851. The molecule has 2 heteroatoms. The van der Waals surface area contributed by atoms with Crippen molar-refractivity contribution in [1.82, 2.24) is 0 Å². The van der Waals surface area contributed by atoms with Gasteiger partial charge < -0.3 is 4.79 Å². The topological polar surface area (TPSA) is 40.9 Å². The lowest BCUT2D eigenvalue weighted by Gasteiger charge is -1.94. The lowest BCUT2D eigenvalue weighted by molar-refractivity contribution is -0.109. The molecule has 1 atom stereocenters. The Morgan fingerprint density at radius 3 is 2.78 bits per heavy atom. The van der Waals surface area contributed by atoms with Crippen LogP contribution in [0.4, 0.5) is 0 Å². The number of carbonyl (C=O) groups is 1. The van der Waals surface area contributed by atoms with E-state index in [0.717, 1.165) is 12.7 Å². The summed E-state index contributed by atoms with van der Waals surface area (Å²) in [5.74, 6) is 0.345. The van der Waals surface area contributed by atoms with E-state index in [0.29, 0.717) is 5.92 Å². The van der Waals surface area contributed by atoms with Crippen LogP contribution < -0.4 is 0 Å². The molecule has 0 aromatic heterocycles. The van der Waals surface area contributed by atoms with Crippen LogP contribution in [0.25, 0.3) is 0 Å². The van der Waals surface area contributed by atoms with Crippen molar-refractivity contribution in [1.29, 1.82) is 5.26 Å². The molecule has 0 aliphatic heterocycles. The van der Waals surface area contributed by atoms with Crippen LogP contribution in [0, 0.1) is 23.2 Å². The molecule has 0 bridgehead atoms. The minimum absolute atomic E-state index is 0.336. The summed E-state index contributed by atoms with van der Waals surface area (Å²) in [4.78, 5) is 10.1. The molecule has 2 nitrogen and oxygen atoms in total. The number of hydrogen-bond donors (Lipinski definition) is 0. The van der Waals surface area contributed by atoms with Crippen LogP contribution in [0.3, 0.4) is 0 Å². The van der Waals surface area contributed by atoms with Crippen LogP contribution >= 0.6 is 0 Å². The van der Waals surface area contributed by atoms with Gasteiger partial charge in [-0.15, -0.1) is 0 Å². The Labute approximate surface area is 54.5 Å². The molecule has 0 aromatic rings. The molecule has 1 saturated carbocycles. The smallest absolute Gasteiger partial charge is 0.137 e. The Morgan fingerprint density at radius 2 is 2.44 bits per heavy atom. The number of nitriles is 1. The van der Waals surface area contributed by atoms with E-state index in [1.165, 1.54) is 12.8 Å². The molecule has 1 aliphatic carbocycles. The van der Waals surface area contributed by atoms with Crippen molar-refractivity contribution >= 4 is 6.29 Å². The molecular formula is C7H9NO. The minimum atomic E-state index is -0.336. The Bertz CT molecular complexity index is 143. The Balaban J connectivity index is 2.22. The van der Waals surface area contributed by atoms with Crippen LogP contribution in [-0.4, -0.2) is 6.29 Å². The zero-order valence-corrected chi connectivity index (χ0v) is 5.21. The van der Waals surface area contributed by atoms with Crippen molar-refractivity contribution in [2.75, 3.05) is 0 Å². The summed E-state index contributed by atoms with van der Waals surface area (Å²) < 4.78 is 0. The van der Waals surface area contributed by atoms with Gasteiger partial charge in [0.2, 0.25) is 0 Å². The standard InChI is InChI=1S/C7H9NO/c8-4-7(5-9)3-6-1-2-6/h5-7H,1-3H2. The van der Waals surface area contributed by atoms with Gasteiger partial charge in [0.1, 0.15) is 12.2 Å². The number of hydrogen-bond acceptors (Lipinski definition) is 2. The lowest BCUT2D eigenvalue weighted by atomic mass is 10.1. The van der Waals surface area contributed by atoms with Crippen molar-refractivity contribution in [2.24, 2.45) is 11.8 Å².